The van der Waals surface area contributed by atoms with Gasteiger partial charge < -0.3 is 15.7 Å². The molecule has 2 atom stereocenters. The van der Waals surface area contributed by atoms with Crippen LogP contribution in [0.2, 0.25) is 0 Å². The van der Waals surface area contributed by atoms with Crippen molar-refractivity contribution in [3.05, 3.63) is 29.8 Å². The highest BCUT2D eigenvalue weighted by Crippen LogP contribution is 2.29. The van der Waals surface area contributed by atoms with E-state index in [4.69, 9.17) is 0 Å². The van der Waals surface area contributed by atoms with Crippen molar-refractivity contribution in [1.29, 1.82) is 0 Å². The summed E-state index contributed by atoms with van der Waals surface area (Å²) in [6, 6.07) is 3.73. The van der Waals surface area contributed by atoms with Crippen LogP contribution >= 0.6 is 0 Å². The maximum absolute atomic E-state index is 12.4. The molecule has 0 spiro atoms. The number of hydrogen-bond acceptors (Lipinski definition) is 3. The van der Waals surface area contributed by atoms with Crippen LogP contribution in [0.5, 0.6) is 0 Å². The van der Waals surface area contributed by atoms with E-state index < -0.39 is 29.2 Å². The molecule has 1 rings (SSSR count). The van der Waals surface area contributed by atoms with E-state index in [-0.39, 0.29) is 18.2 Å². The second kappa shape index (κ2) is 7.65. The highest BCUT2D eigenvalue weighted by atomic mass is 19.4. The van der Waals surface area contributed by atoms with Gasteiger partial charge in [0.05, 0.1) is 11.2 Å². The number of aliphatic hydroxyl groups is 1. The molecule has 5 nitrogen and oxygen atoms in total. The van der Waals surface area contributed by atoms with Crippen molar-refractivity contribution in [2.24, 2.45) is 5.92 Å². The molecular weight excluding hydrogens is 325 g/mol. The third-order valence-corrected chi connectivity index (χ3v) is 3.96. The largest absolute Gasteiger partial charge is 0.416 e. The van der Waals surface area contributed by atoms with Gasteiger partial charge in [-0.3, -0.25) is 9.59 Å². The standard InChI is InChI=1S/C16H21F3N2O3/c1-4-10(2)15(3,24)9-20-13(22)14(23)21-12-7-5-11(6-8-12)16(17,18)19/h5-8,10,24H,4,9H2,1-3H3,(H,20,22)(H,21,23)/t10-,15+/m1/s1. The molecule has 24 heavy (non-hydrogen) atoms. The average molecular weight is 346 g/mol. The zero-order chi connectivity index (χ0) is 18.5. The van der Waals surface area contributed by atoms with Gasteiger partial charge >= 0.3 is 18.0 Å². The van der Waals surface area contributed by atoms with Gasteiger partial charge in [0.15, 0.2) is 0 Å². The molecular formula is C16H21F3N2O3. The van der Waals surface area contributed by atoms with Crippen LogP contribution in [0, 0.1) is 5.92 Å². The third-order valence-electron chi connectivity index (χ3n) is 3.96. The van der Waals surface area contributed by atoms with E-state index in [9.17, 15) is 27.9 Å². The molecule has 8 heteroatoms. The summed E-state index contributed by atoms with van der Waals surface area (Å²) < 4.78 is 37.3. The molecule has 0 aliphatic carbocycles. The Balaban J connectivity index is 2.60. The smallest absolute Gasteiger partial charge is 0.388 e. The molecule has 1 aromatic rings. The fourth-order valence-electron chi connectivity index (χ4n) is 1.88. The number of amides is 2. The van der Waals surface area contributed by atoms with Gasteiger partial charge in [0.2, 0.25) is 0 Å². The molecule has 0 heterocycles. The molecule has 0 fully saturated rings. The van der Waals surface area contributed by atoms with Crippen molar-refractivity contribution in [1.82, 2.24) is 5.32 Å². The van der Waals surface area contributed by atoms with Crippen LogP contribution in [0.25, 0.3) is 0 Å². The molecule has 0 unspecified atom stereocenters. The molecule has 134 valence electrons. The first-order valence-corrected chi connectivity index (χ1v) is 7.46. The van der Waals surface area contributed by atoms with Crippen molar-refractivity contribution < 1.29 is 27.9 Å². The Morgan fingerprint density at radius 3 is 2.17 bits per heavy atom. The molecule has 1 aromatic carbocycles. The van der Waals surface area contributed by atoms with E-state index in [0.717, 1.165) is 24.3 Å². The summed E-state index contributed by atoms with van der Waals surface area (Å²) in [6.07, 6.45) is -3.78. The first kappa shape index (κ1) is 20.0. The van der Waals surface area contributed by atoms with Crippen molar-refractivity contribution in [2.45, 2.75) is 39.0 Å². The van der Waals surface area contributed by atoms with E-state index in [0.29, 0.717) is 6.42 Å². The van der Waals surface area contributed by atoms with E-state index in [1.165, 1.54) is 0 Å². The normalized spacial score (nSPS) is 15.3. The Morgan fingerprint density at radius 1 is 1.17 bits per heavy atom. The molecule has 0 saturated heterocycles. The molecule has 0 aliphatic heterocycles. The Labute approximate surface area is 138 Å². The molecule has 2 amide bonds. The van der Waals surface area contributed by atoms with Crippen LogP contribution in [-0.2, 0) is 15.8 Å². The Hall–Kier alpha value is -2.09. The van der Waals surface area contributed by atoms with Gasteiger partial charge in [-0.05, 0) is 37.1 Å². The van der Waals surface area contributed by atoms with E-state index >= 15 is 0 Å². The summed E-state index contributed by atoms with van der Waals surface area (Å²) >= 11 is 0. The van der Waals surface area contributed by atoms with Crippen LogP contribution in [-0.4, -0.2) is 29.1 Å². The minimum Gasteiger partial charge on any atom is -0.388 e. The Kier molecular flexibility index (Phi) is 6.36. The van der Waals surface area contributed by atoms with Gasteiger partial charge in [0.1, 0.15) is 0 Å². The zero-order valence-electron chi connectivity index (χ0n) is 13.7. The lowest BCUT2D eigenvalue weighted by atomic mass is 9.89. The second-order valence-corrected chi connectivity index (χ2v) is 5.88. The lowest BCUT2D eigenvalue weighted by Gasteiger charge is -2.29. The molecule has 0 saturated carbocycles. The fraction of sp³-hybridized carbons (Fsp3) is 0.500. The third kappa shape index (κ3) is 5.52. The molecule has 0 bridgehead atoms. The van der Waals surface area contributed by atoms with Gasteiger partial charge in [0, 0.05) is 12.2 Å². The van der Waals surface area contributed by atoms with Crippen molar-refractivity contribution >= 4 is 17.5 Å². The minimum atomic E-state index is -4.47. The minimum absolute atomic E-state index is 0.0665. The molecule has 0 aliphatic rings. The van der Waals surface area contributed by atoms with Crippen molar-refractivity contribution in [3.63, 3.8) is 0 Å². The van der Waals surface area contributed by atoms with Crippen molar-refractivity contribution in [3.8, 4) is 0 Å². The fourth-order valence-corrected chi connectivity index (χ4v) is 1.88. The maximum atomic E-state index is 12.4. The van der Waals surface area contributed by atoms with Crippen LogP contribution in [0.15, 0.2) is 24.3 Å². The highest BCUT2D eigenvalue weighted by Gasteiger charge is 2.30. The first-order chi connectivity index (χ1) is 11.0. The summed E-state index contributed by atoms with van der Waals surface area (Å²) in [5.74, 6) is -2.08. The summed E-state index contributed by atoms with van der Waals surface area (Å²) in [5.41, 5.74) is -1.95. The predicted molar refractivity (Wildman–Crippen MR) is 83.2 cm³/mol. The van der Waals surface area contributed by atoms with Gasteiger partial charge in [0.25, 0.3) is 0 Å². The lowest BCUT2D eigenvalue weighted by Crippen LogP contribution is -2.47. The number of nitrogens with one attached hydrogen (secondary N) is 2. The summed E-state index contributed by atoms with van der Waals surface area (Å²) in [4.78, 5) is 23.4. The number of carbonyl (C=O) groups is 2. The van der Waals surface area contributed by atoms with Crippen LogP contribution in [0.1, 0.15) is 32.8 Å². The monoisotopic (exact) mass is 346 g/mol. The number of hydrogen-bond donors (Lipinski definition) is 3. The van der Waals surface area contributed by atoms with Gasteiger partial charge in [-0.2, -0.15) is 13.2 Å². The van der Waals surface area contributed by atoms with Crippen LogP contribution in [0.4, 0.5) is 18.9 Å². The second-order valence-electron chi connectivity index (χ2n) is 5.88. The lowest BCUT2D eigenvalue weighted by molar-refractivity contribution is -0.137. The number of alkyl halides is 3. The molecule has 3 N–H and O–H groups in total. The number of halogens is 3. The van der Waals surface area contributed by atoms with Gasteiger partial charge in [-0.1, -0.05) is 20.3 Å². The predicted octanol–water partition coefficient (Wildman–Crippen LogP) is 2.56. The van der Waals surface area contributed by atoms with Crippen molar-refractivity contribution in [2.75, 3.05) is 11.9 Å². The Morgan fingerprint density at radius 2 is 1.71 bits per heavy atom. The SMILES string of the molecule is CC[C@@H](C)[C@@](C)(O)CNC(=O)C(=O)Nc1ccc(C(F)(F)F)cc1. The number of carbonyl (C=O) groups excluding carboxylic acids is 2. The molecule has 0 aromatic heterocycles. The highest BCUT2D eigenvalue weighted by molar-refractivity contribution is 6.39. The maximum Gasteiger partial charge on any atom is 0.416 e. The summed E-state index contributed by atoms with van der Waals surface area (Å²) in [6.45, 7) is 5.14. The quantitative estimate of drug-likeness (QED) is 0.717. The van der Waals surface area contributed by atoms with E-state index in [1.807, 2.05) is 13.8 Å². The topological polar surface area (TPSA) is 78.4 Å². The van der Waals surface area contributed by atoms with Crippen LogP contribution < -0.4 is 10.6 Å². The number of benzene rings is 1. The van der Waals surface area contributed by atoms with E-state index in [1.54, 1.807) is 6.92 Å². The average Bonchev–Trinajstić information content (AvgIpc) is 2.51. The zero-order valence-corrected chi connectivity index (χ0v) is 13.7. The van der Waals surface area contributed by atoms with Gasteiger partial charge in [-0.25, -0.2) is 0 Å². The van der Waals surface area contributed by atoms with Gasteiger partial charge in [-0.15, -0.1) is 0 Å². The molecule has 0 radical (unpaired) electrons. The van der Waals surface area contributed by atoms with Crippen LogP contribution in [0.3, 0.4) is 0 Å². The first-order valence-electron chi connectivity index (χ1n) is 7.46. The summed E-state index contributed by atoms with van der Waals surface area (Å²) in [5, 5.41) is 14.7. The number of rotatable bonds is 5. The summed E-state index contributed by atoms with van der Waals surface area (Å²) in [7, 11) is 0. The number of anilines is 1. The Bertz CT molecular complexity index is 583. The van der Waals surface area contributed by atoms with E-state index in [2.05, 4.69) is 10.6 Å².